The molecular weight excluding hydrogens is 596 g/mol. The molecule has 0 heterocycles. The third kappa shape index (κ3) is 30.4. The fourth-order valence-electron chi connectivity index (χ4n) is 5.28. The Kier molecular flexibility index (Phi) is 31.3. The third-order valence-corrected chi connectivity index (χ3v) is 8.18. The number of esters is 1. The van der Waals surface area contributed by atoms with Crippen molar-refractivity contribution in [3.63, 3.8) is 0 Å². The van der Waals surface area contributed by atoms with Gasteiger partial charge in [-0.05, 0) is 64.2 Å². The number of aliphatic hydroxyl groups excluding tert-OH is 1. The molecule has 0 fully saturated rings. The maximum atomic E-state index is 12.6. The van der Waals surface area contributed by atoms with Crippen LogP contribution >= 0.6 is 0 Å². The fraction of sp³-hybridized carbons (Fsp3) is 0.789. The molecule has 0 bridgehead atoms. The number of unbranched alkanes of at least 4 members (excludes halogenated alkanes) is 15. The van der Waals surface area contributed by atoms with Crippen molar-refractivity contribution in [2.45, 2.75) is 180 Å². The van der Waals surface area contributed by atoms with Crippen molar-refractivity contribution in [2.24, 2.45) is 0 Å². The van der Waals surface area contributed by atoms with Crippen LogP contribution in [0, 0.1) is 0 Å². The number of carbonyl (C=O) groups excluding carboxylic acids is 3. The number of allylic oxidation sites excluding steroid dienone is 4. The first-order chi connectivity index (χ1) is 22.8. The topological polar surface area (TPSA) is 142 Å². The minimum Gasteiger partial charge on any atom is -0.480 e. The summed E-state index contributed by atoms with van der Waals surface area (Å²) in [5, 5.41) is 22.4. The molecule has 0 aromatic rings. The Morgan fingerprint density at radius 1 is 0.638 bits per heavy atom. The first-order valence-corrected chi connectivity index (χ1v) is 18.7. The summed E-state index contributed by atoms with van der Waals surface area (Å²) in [5.74, 6) is -2.31. The van der Waals surface area contributed by atoms with Gasteiger partial charge >= 0.3 is 11.9 Å². The minimum atomic E-state index is -1.38. The predicted molar refractivity (Wildman–Crippen MR) is 190 cm³/mol. The molecule has 47 heavy (non-hydrogen) atoms. The van der Waals surface area contributed by atoms with Gasteiger partial charge in [-0.2, -0.15) is 0 Å². The Balaban J connectivity index is 4.18. The van der Waals surface area contributed by atoms with E-state index in [9.17, 15) is 19.2 Å². The summed E-state index contributed by atoms with van der Waals surface area (Å²) in [5.41, 5.74) is 0. The third-order valence-electron chi connectivity index (χ3n) is 8.18. The molecule has 0 rings (SSSR count). The smallest absolute Gasteiger partial charge is 0.328 e. The number of carboxylic acid groups (broad SMARTS) is 1. The van der Waals surface area contributed by atoms with Crippen LogP contribution in [0.25, 0.3) is 0 Å². The van der Waals surface area contributed by atoms with Crippen molar-refractivity contribution in [1.82, 2.24) is 10.6 Å². The summed E-state index contributed by atoms with van der Waals surface area (Å²) < 4.78 is 5.95. The molecule has 0 aliphatic heterocycles. The highest BCUT2D eigenvalue weighted by Gasteiger charge is 2.19. The summed E-state index contributed by atoms with van der Waals surface area (Å²) in [6.07, 6.45) is 33.5. The lowest BCUT2D eigenvalue weighted by molar-refractivity contribution is -0.150. The van der Waals surface area contributed by atoms with E-state index in [2.05, 4.69) is 48.8 Å². The van der Waals surface area contributed by atoms with Crippen LogP contribution < -0.4 is 10.6 Å². The van der Waals surface area contributed by atoms with E-state index >= 15 is 0 Å². The molecule has 0 aliphatic rings. The molecule has 0 spiro atoms. The second-order valence-electron chi connectivity index (χ2n) is 12.7. The van der Waals surface area contributed by atoms with Gasteiger partial charge in [0.2, 0.25) is 11.8 Å². The highest BCUT2D eigenvalue weighted by Crippen LogP contribution is 2.18. The number of rotatable bonds is 33. The second-order valence-corrected chi connectivity index (χ2v) is 12.7. The summed E-state index contributed by atoms with van der Waals surface area (Å²) in [4.78, 5) is 47.2. The molecule has 0 radical (unpaired) electrons. The maximum absolute atomic E-state index is 12.6. The molecule has 272 valence electrons. The van der Waals surface area contributed by atoms with Crippen LogP contribution in [0.1, 0.15) is 168 Å². The minimum absolute atomic E-state index is 0.0132. The lowest BCUT2D eigenvalue weighted by atomic mass is 10.0. The van der Waals surface area contributed by atoms with Gasteiger partial charge in [-0.15, -0.1) is 0 Å². The molecule has 2 unspecified atom stereocenters. The lowest BCUT2D eigenvalue weighted by Gasteiger charge is -2.18. The first kappa shape index (κ1) is 44.3. The zero-order valence-electron chi connectivity index (χ0n) is 29.8. The Hall–Kier alpha value is -2.68. The van der Waals surface area contributed by atoms with Gasteiger partial charge in [0.05, 0.1) is 13.2 Å². The number of hydrogen-bond acceptors (Lipinski definition) is 6. The summed E-state index contributed by atoms with van der Waals surface area (Å²) in [7, 11) is 0. The largest absolute Gasteiger partial charge is 0.480 e. The van der Waals surface area contributed by atoms with Crippen LogP contribution in [0.15, 0.2) is 24.3 Å². The van der Waals surface area contributed by atoms with Crippen molar-refractivity contribution in [3.8, 4) is 0 Å². The number of hydrogen-bond donors (Lipinski definition) is 4. The number of ether oxygens (including phenoxy) is 1. The Bertz CT molecular complexity index is 859. The summed E-state index contributed by atoms with van der Waals surface area (Å²) in [6.45, 7) is 3.38. The number of aliphatic hydroxyl groups is 1. The van der Waals surface area contributed by atoms with E-state index in [0.717, 1.165) is 83.5 Å². The van der Waals surface area contributed by atoms with Gasteiger partial charge in [-0.25, -0.2) is 4.79 Å². The second kappa shape index (κ2) is 33.2. The number of amides is 2. The average molecular weight is 665 g/mol. The van der Waals surface area contributed by atoms with E-state index in [-0.39, 0.29) is 24.5 Å². The van der Waals surface area contributed by atoms with Crippen molar-refractivity contribution in [1.29, 1.82) is 0 Å². The van der Waals surface area contributed by atoms with E-state index in [0.29, 0.717) is 19.3 Å². The molecular formula is C38H68N2O7. The predicted octanol–water partition coefficient (Wildman–Crippen LogP) is 8.09. The SMILES string of the molecule is CCC/C=C\C/C=C\CCCCCCCC(=O)OC(CCCCCCCC)CCCCCCCC(=O)NCC(=O)NC(CO)C(=O)O. The molecule has 9 nitrogen and oxygen atoms in total. The monoisotopic (exact) mass is 665 g/mol. The van der Waals surface area contributed by atoms with Crippen LogP contribution in [-0.2, 0) is 23.9 Å². The van der Waals surface area contributed by atoms with Crippen LogP contribution in [0.4, 0.5) is 0 Å². The maximum Gasteiger partial charge on any atom is 0.328 e. The quantitative estimate of drug-likeness (QED) is 0.0316. The highest BCUT2D eigenvalue weighted by atomic mass is 16.5. The van der Waals surface area contributed by atoms with Crippen molar-refractivity contribution in [3.05, 3.63) is 24.3 Å². The number of carbonyl (C=O) groups is 4. The van der Waals surface area contributed by atoms with Gasteiger partial charge in [-0.3, -0.25) is 14.4 Å². The lowest BCUT2D eigenvalue weighted by Crippen LogP contribution is -2.47. The molecule has 0 aliphatic carbocycles. The molecule has 2 amide bonds. The standard InChI is InChI=1S/C38H68N2O7/c1-3-5-7-9-11-12-13-14-15-16-17-22-26-30-37(44)47-33(27-23-19-10-8-6-4-2)28-24-20-18-21-25-29-35(42)39-31-36(43)40-34(32-41)38(45)46/h7,9,12-13,33-34,41H,3-6,8,10-11,14-32H2,1-2H3,(H,39,42)(H,40,43)(H,45,46)/b9-7-,13-12-. The van der Waals surface area contributed by atoms with Gasteiger partial charge in [0.15, 0.2) is 0 Å². The number of nitrogens with one attached hydrogen (secondary N) is 2. The highest BCUT2D eigenvalue weighted by molar-refractivity contribution is 5.87. The Morgan fingerprint density at radius 2 is 1.19 bits per heavy atom. The van der Waals surface area contributed by atoms with E-state index in [1.54, 1.807) is 0 Å². The van der Waals surface area contributed by atoms with Crippen LogP contribution in [-0.4, -0.2) is 59.3 Å². The van der Waals surface area contributed by atoms with Gasteiger partial charge in [0.1, 0.15) is 12.1 Å². The summed E-state index contributed by atoms with van der Waals surface area (Å²) >= 11 is 0. The van der Waals surface area contributed by atoms with Gasteiger partial charge in [0, 0.05) is 12.8 Å². The van der Waals surface area contributed by atoms with Crippen molar-refractivity contribution >= 4 is 23.8 Å². The molecule has 0 aromatic heterocycles. The zero-order chi connectivity index (χ0) is 34.8. The van der Waals surface area contributed by atoms with Gasteiger partial charge in [-0.1, -0.05) is 115 Å². The molecule has 0 aromatic carbocycles. The summed E-state index contributed by atoms with van der Waals surface area (Å²) in [6, 6.07) is -1.38. The number of aliphatic carboxylic acids is 1. The molecule has 0 saturated heterocycles. The molecule has 4 N–H and O–H groups in total. The van der Waals surface area contributed by atoms with Crippen molar-refractivity contribution in [2.75, 3.05) is 13.2 Å². The molecule has 9 heteroatoms. The van der Waals surface area contributed by atoms with E-state index in [1.807, 2.05) is 0 Å². The van der Waals surface area contributed by atoms with E-state index in [1.165, 1.54) is 51.4 Å². The first-order valence-electron chi connectivity index (χ1n) is 18.7. The van der Waals surface area contributed by atoms with Crippen LogP contribution in [0.5, 0.6) is 0 Å². The molecule has 2 atom stereocenters. The zero-order valence-corrected chi connectivity index (χ0v) is 29.8. The molecule has 0 saturated carbocycles. The van der Waals surface area contributed by atoms with Crippen LogP contribution in [0.2, 0.25) is 0 Å². The van der Waals surface area contributed by atoms with E-state index in [4.69, 9.17) is 14.9 Å². The Morgan fingerprint density at radius 3 is 1.79 bits per heavy atom. The Labute approximate surface area is 285 Å². The normalized spacial score (nSPS) is 12.7. The van der Waals surface area contributed by atoms with Gasteiger partial charge in [0.25, 0.3) is 0 Å². The van der Waals surface area contributed by atoms with Crippen LogP contribution in [0.3, 0.4) is 0 Å². The average Bonchev–Trinajstić information content (AvgIpc) is 3.05. The fourth-order valence-corrected chi connectivity index (χ4v) is 5.28. The van der Waals surface area contributed by atoms with Gasteiger partial charge < -0.3 is 25.6 Å². The van der Waals surface area contributed by atoms with E-state index < -0.39 is 24.5 Å². The van der Waals surface area contributed by atoms with Crippen molar-refractivity contribution < 1.29 is 34.1 Å². The number of carboxylic acids is 1.